The molecule has 2 atom stereocenters. The molecule has 0 fully saturated rings. The van der Waals surface area contributed by atoms with Gasteiger partial charge in [0.1, 0.15) is 24.1 Å². The molecule has 6 nitrogen and oxygen atoms in total. The number of nitrogens with zero attached hydrogens (tertiary/aromatic N) is 3. The Morgan fingerprint density at radius 3 is 2.39 bits per heavy atom. The van der Waals surface area contributed by atoms with Crippen LogP contribution in [0.15, 0.2) is 54.7 Å². The van der Waals surface area contributed by atoms with Crippen molar-refractivity contribution in [2.45, 2.75) is 45.8 Å². The average Bonchev–Trinajstić information content (AvgIpc) is 3.22. The topological polar surface area (TPSA) is 76.2 Å². The minimum Gasteiger partial charge on any atom is -0.341 e. The zero-order valence-corrected chi connectivity index (χ0v) is 21.1. The van der Waals surface area contributed by atoms with Crippen molar-refractivity contribution in [3.05, 3.63) is 77.8 Å². The van der Waals surface area contributed by atoms with Gasteiger partial charge >= 0.3 is 6.03 Å². The lowest BCUT2D eigenvalue weighted by Crippen LogP contribution is -2.47. The van der Waals surface area contributed by atoms with E-state index in [-0.39, 0.29) is 31.4 Å². The van der Waals surface area contributed by atoms with Gasteiger partial charge in [-0.05, 0) is 41.7 Å². The highest BCUT2D eigenvalue weighted by atomic mass is 19.1. The molecular formula is C27H34F3N5O. The summed E-state index contributed by atoms with van der Waals surface area (Å²) in [6.07, 6.45) is 2.04. The predicted molar refractivity (Wildman–Crippen MR) is 135 cm³/mol. The van der Waals surface area contributed by atoms with Gasteiger partial charge in [0, 0.05) is 37.9 Å². The first-order valence-corrected chi connectivity index (χ1v) is 11.9. The summed E-state index contributed by atoms with van der Waals surface area (Å²) in [6, 6.07) is 10.7. The van der Waals surface area contributed by atoms with Crippen LogP contribution < -0.4 is 11.1 Å². The van der Waals surface area contributed by atoms with Crippen molar-refractivity contribution in [1.29, 1.82) is 0 Å². The second-order valence-corrected chi connectivity index (χ2v) is 9.97. The maximum Gasteiger partial charge on any atom is 0.317 e. The first-order valence-electron chi connectivity index (χ1n) is 11.9. The summed E-state index contributed by atoms with van der Waals surface area (Å²) >= 11 is 0. The molecular weight excluding hydrogens is 467 g/mol. The lowest BCUT2D eigenvalue weighted by Gasteiger charge is -2.40. The van der Waals surface area contributed by atoms with Crippen molar-refractivity contribution in [1.82, 2.24) is 19.8 Å². The van der Waals surface area contributed by atoms with Gasteiger partial charge in [-0.15, -0.1) is 0 Å². The van der Waals surface area contributed by atoms with Crippen molar-refractivity contribution in [3.8, 4) is 11.3 Å². The van der Waals surface area contributed by atoms with Crippen LogP contribution in [0.1, 0.15) is 44.6 Å². The standard InChI is InChI=1S/C27H34F3N5O/c1-27(2,3)24(35(26(36)32-4)12-11-22(31)15-28)25-33-23(19-8-6-10-21(30)14-19)17-34(25)16-18-7-5-9-20(29)13-18/h5-10,13-14,17,22,24H,11-12,15-16,31H2,1-4H3,(H,32,36)/t22-,24?/m1/s1. The lowest BCUT2D eigenvalue weighted by atomic mass is 9.84. The Morgan fingerprint density at radius 2 is 1.81 bits per heavy atom. The Labute approximate surface area is 210 Å². The predicted octanol–water partition coefficient (Wildman–Crippen LogP) is 5.29. The average molecular weight is 502 g/mol. The third kappa shape index (κ3) is 6.66. The number of imidazole rings is 1. The minimum absolute atomic E-state index is 0.203. The number of amides is 2. The zero-order valence-electron chi connectivity index (χ0n) is 21.1. The highest BCUT2D eigenvalue weighted by molar-refractivity contribution is 5.74. The van der Waals surface area contributed by atoms with Crippen molar-refractivity contribution in [2.75, 3.05) is 20.3 Å². The van der Waals surface area contributed by atoms with Crippen LogP contribution in [0.25, 0.3) is 11.3 Å². The van der Waals surface area contributed by atoms with Crippen molar-refractivity contribution >= 4 is 6.03 Å². The fraction of sp³-hybridized carbons (Fsp3) is 0.407. The molecule has 3 rings (SSSR count). The summed E-state index contributed by atoms with van der Waals surface area (Å²) in [5.41, 5.74) is 7.13. The molecule has 2 aromatic carbocycles. The van der Waals surface area contributed by atoms with Gasteiger partial charge in [0.25, 0.3) is 0 Å². The Balaban J connectivity index is 2.16. The summed E-state index contributed by atoms with van der Waals surface area (Å²) in [5.74, 6) is -0.212. The molecule has 0 aliphatic rings. The second-order valence-electron chi connectivity index (χ2n) is 9.97. The number of benzene rings is 2. The Kier molecular flexibility index (Phi) is 8.79. The summed E-state index contributed by atoms with van der Waals surface area (Å²) in [4.78, 5) is 19.5. The van der Waals surface area contributed by atoms with Gasteiger partial charge in [-0.2, -0.15) is 0 Å². The molecule has 194 valence electrons. The second kappa shape index (κ2) is 11.6. The van der Waals surface area contributed by atoms with Crippen LogP contribution in [-0.2, 0) is 6.54 Å². The molecule has 1 unspecified atom stereocenters. The Hall–Kier alpha value is -3.33. The molecule has 36 heavy (non-hydrogen) atoms. The van der Waals surface area contributed by atoms with Gasteiger partial charge in [0.2, 0.25) is 0 Å². The van der Waals surface area contributed by atoms with E-state index in [2.05, 4.69) is 5.32 Å². The number of carbonyl (C=O) groups is 1. The van der Waals surface area contributed by atoms with E-state index in [9.17, 15) is 18.0 Å². The third-order valence-corrected chi connectivity index (χ3v) is 5.96. The van der Waals surface area contributed by atoms with Gasteiger partial charge in [-0.1, -0.05) is 45.0 Å². The lowest BCUT2D eigenvalue weighted by molar-refractivity contribution is 0.106. The van der Waals surface area contributed by atoms with Gasteiger partial charge in [0.15, 0.2) is 0 Å². The van der Waals surface area contributed by atoms with Gasteiger partial charge in [-0.25, -0.2) is 22.9 Å². The normalized spacial score (nSPS) is 13.3. The fourth-order valence-electron chi connectivity index (χ4n) is 4.26. The first kappa shape index (κ1) is 27.3. The monoisotopic (exact) mass is 501 g/mol. The van der Waals surface area contributed by atoms with Crippen molar-refractivity contribution < 1.29 is 18.0 Å². The number of halogens is 3. The largest absolute Gasteiger partial charge is 0.341 e. The maximum atomic E-state index is 14.0. The number of aromatic nitrogens is 2. The maximum absolute atomic E-state index is 14.0. The fourth-order valence-corrected chi connectivity index (χ4v) is 4.26. The smallest absolute Gasteiger partial charge is 0.317 e. The number of nitrogens with two attached hydrogens (primary N) is 1. The van der Waals surface area contributed by atoms with Crippen LogP contribution in [0.3, 0.4) is 0 Å². The first-order chi connectivity index (χ1) is 17.0. The molecule has 1 aromatic heterocycles. The molecule has 3 aromatic rings. The van der Waals surface area contributed by atoms with E-state index in [0.29, 0.717) is 22.6 Å². The quantitative estimate of drug-likeness (QED) is 0.418. The van der Waals surface area contributed by atoms with E-state index < -0.39 is 30.0 Å². The van der Waals surface area contributed by atoms with E-state index in [4.69, 9.17) is 10.7 Å². The van der Waals surface area contributed by atoms with E-state index in [1.807, 2.05) is 25.3 Å². The van der Waals surface area contributed by atoms with Crippen LogP contribution in [0, 0.1) is 17.0 Å². The summed E-state index contributed by atoms with van der Waals surface area (Å²) in [5, 5.41) is 2.67. The molecule has 9 heteroatoms. The molecule has 0 aliphatic carbocycles. The molecule has 0 saturated heterocycles. The van der Waals surface area contributed by atoms with Crippen LogP contribution in [0.4, 0.5) is 18.0 Å². The summed E-state index contributed by atoms with van der Waals surface area (Å²) in [7, 11) is 1.53. The van der Waals surface area contributed by atoms with Gasteiger partial charge in [0.05, 0.1) is 11.7 Å². The van der Waals surface area contributed by atoms with Crippen LogP contribution in [0.2, 0.25) is 0 Å². The van der Waals surface area contributed by atoms with Crippen LogP contribution >= 0.6 is 0 Å². The van der Waals surface area contributed by atoms with E-state index in [1.54, 1.807) is 35.4 Å². The van der Waals surface area contributed by atoms with E-state index in [1.165, 1.54) is 31.3 Å². The number of hydrogen-bond acceptors (Lipinski definition) is 3. The van der Waals surface area contributed by atoms with Crippen molar-refractivity contribution in [3.63, 3.8) is 0 Å². The number of hydrogen-bond donors (Lipinski definition) is 2. The zero-order chi connectivity index (χ0) is 26.5. The number of urea groups is 1. The van der Waals surface area contributed by atoms with E-state index >= 15 is 0 Å². The van der Waals surface area contributed by atoms with Crippen LogP contribution in [0.5, 0.6) is 0 Å². The third-order valence-electron chi connectivity index (χ3n) is 5.96. The number of nitrogens with one attached hydrogen (secondary N) is 1. The molecule has 0 spiro atoms. The summed E-state index contributed by atoms with van der Waals surface area (Å²) < 4.78 is 42.9. The Bertz CT molecular complexity index is 1170. The molecule has 0 aliphatic heterocycles. The van der Waals surface area contributed by atoms with E-state index in [0.717, 1.165) is 0 Å². The van der Waals surface area contributed by atoms with Gasteiger partial charge < -0.3 is 20.5 Å². The number of carbonyl (C=O) groups excluding carboxylic acids is 1. The number of rotatable bonds is 9. The van der Waals surface area contributed by atoms with Crippen molar-refractivity contribution in [2.24, 2.45) is 11.1 Å². The molecule has 0 bridgehead atoms. The SMILES string of the molecule is CNC(=O)N(CC[C@@H](N)CF)C(c1nc(-c2cccc(F)c2)cn1Cc1cccc(F)c1)C(C)(C)C. The summed E-state index contributed by atoms with van der Waals surface area (Å²) in [6.45, 7) is 5.73. The highest BCUT2D eigenvalue weighted by Crippen LogP contribution is 2.39. The molecule has 2 amide bonds. The molecule has 3 N–H and O–H groups in total. The van der Waals surface area contributed by atoms with Gasteiger partial charge in [-0.3, -0.25) is 0 Å². The Morgan fingerprint density at radius 1 is 1.14 bits per heavy atom. The minimum atomic E-state index is -0.701. The molecule has 0 saturated carbocycles. The molecule has 1 heterocycles. The number of alkyl halides is 1. The van der Waals surface area contributed by atoms with Crippen LogP contribution in [-0.4, -0.2) is 46.8 Å². The molecule has 0 radical (unpaired) electrons. The highest BCUT2D eigenvalue weighted by Gasteiger charge is 2.38.